The van der Waals surface area contributed by atoms with E-state index >= 15 is 0 Å². The average Bonchev–Trinajstić information content (AvgIpc) is 2.17. The van der Waals surface area contributed by atoms with Gasteiger partial charge in [-0.2, -0.15) is 0 Å². The molecule has 0 spiro atoms. The number of hydrogen-bond donors (Lipinski definition) is 2. The molecule has 1 amide bonds. The first-order chi connectivity index (χ1) is 6.66. The molecule has 1 fully saturated rings. The maximum atomic E-state index is 11.2. The molecule has 1 aliphatic rings. The number of carbonyl (C=O) groups is 1. The molecule has 0 aliphatic heterocycles. The molecule has 0 aromatic rings. The van der Waals surface area contributed by atoms with Crippen molar-refractivity contribution < 1.29 is 9.90 Å². The predicted molar refractivity (Wildman–Crippen MR) is 59.5 cm³/mol. The van der Waals surface area contributed by atoms with Crippen molar-refractivity contribution >= 4 is 21.8 Å². The summed E-state index contributed by atoms with van der Waals surface area (Å²) in [5.74, 6) is 0.0147. The summed E-state index contributed by atoms with van der Waals surface area (Å²) >= 11 is 3.21. The first-order valence-corrected chi connectivity index (χ1v) is 6.33. The Morgan fingerprint density at radius 2 is 2.00 bits per heavy atom. The summed E-state index contributed by atoms with van der Waals surface area (Å²) in [7, 11) is 0. The highest BCUT2D eigenvalue weighted by molar-refractivity contribution is 9.09. The maximum absolute atomic E-state index is 11.2. The van der Waals surface area contributed by atoms with Gasteiger partial charge in [-0.25, -0.2) is 0 Å². The normalized spacial score (nSPS) is 20.4. The Morgan fingerprint density at radius 3 is 2.57 bits per heavy atom. The second-order valence-electron chi connectivity index (χ2n) is 4.00. The molecule has 4 heteroatoms. The van der Waals surface area contributed by atoms with Gasteiger partial charge in [0.1, 0.15) is 0 Å². The average molecular weight is 264 g/mol. The highest BCUT2D eigenvalue weighted by Crippen LogP contribution is 2.27. The molecule has 82 valence electrons. The number of rotatable bonds is 4. The molecule has 1 rings (SSSR count). The van der Waals surface area contributed by atoms with Crippen molar-refractivity contribution in [3.63, 3.8) is 0 Å². The van der Waals surface area contributed by atoms with Crippen LogP contribution < -0.4 is 5.32 Å². The first-order valence-electron chi connectivity index (χ1n) is 5.21. The van der Waals surface area contributed by atoms with Crippen molar-refractivity contribution in [1.29, 1.82) is 0 Å². The Kier molecular flexibility index (Phi) is 4.89. The van der Waals surface area contributed by atoms with Gasteiger partial charge < -0.3 is 10.4 Å². The highest BCUT2D eigenvalue weighted by atomic mass is 79.9. The van der Waals surface area contributed by atoms with Crippen molar-refractivity contribution in [1.82, 2.24) is 5.32 Å². The van der Waals surface area contributed by atoms with Gasteiger partial charge in [0.25, 0.3) is 0 Å². The summed E-state index contributed by atoms with van der Waals surface area (Å²) in [4.78, 5) is 11.2. The van der Waals surface area contributed by atoms with Gasteiger partial charge in [0.05, 0.1) is 5.60 Å². The zero-order valence-electron chi connectivity index (χ0n) is 8.39. The van der Waals surface area contributed by atoms with E-state index < -0.39 is 5.60 Å². The Bertz CT molecular complexity index is 191. The molecule has 0 heterocycles. The molecule has 0 saturated heterocycles. The standard InChI is InChI=1S/C10H18BrNO2/c11-7-4-9(13)12-8-10(14)5-2-1-3-6-10/h14H,1-8H2,(H,12,13). The molecule has 0 aromatic carbocycles. The fourth-order valence-electron chi connectivity index (χ4n) is 1.82. The molecule has 3 nitrogen and oxygen atoms in total. The van der Waals surface area contributed by atoms with E-state index in [1.54, 1.807) is 0 Å². The lowest BCUT2D eigenvalue weighted by Gasteiger charge is -2.32. The number of hydrogen-bond acceptors (Lipinski definition) is 2. The summed E-state index contributed by atoms with van der Waals surface area (Å²) < 4.78 is 0. The van der Waals surface area contributed by atoms with Gasteiger partial charge in [0, 0.05) is 18.3 Å². The van der Waals surface area contributed by atoms with Crippen LogP contribution in [0.1, 0.15) is 38.5 Å². The third kappa shape index (κ3) is 3.96. The van der Waals surface area contributed by atoms with E-state index in [0.717, 1.165) is 25.7 Å². The molecule has 1 aliphatic carbocycles. The quantitative estimate of drug-likeness (QED) is 0.757. The minimum absolute atomic E-state index is 0.0147. The van der Waals surface area contributed by atoms with Crippen LogP contribution in [0.25, 0.3) is 0 Å². The van der Waals surface area contributed by atoms with Crippen LogP contribution in [0.3, 0.4) is 0 Å². The lowest BCUT2D eigenvalue weighted by Crippen LogP contribution is -2.44. The van der Waals surface area contributed by atoms with Gasteiger partial charge in [0.15, 0.2) is 0 Å². The lowest BCUT2D eigenvalue weighted by molar-refractivity contribution is -0.122. The van der Waals surface area contributed by atoms with Gasteiger partial charge in [-0.1, -0.05) is 35.2 Å². The summed E-state index contributed by atoms with van der Waals surface area (Å²) in [5.41, 5.74) is -0.639. The lowest BCUT2D eigenvalue weighted by atomic mass is 9.85. The van der Waals surface area contributed by atoms with Crippen molar-refractivity contribution in [2.24, 2.45) is 0 Å². The van der Waals surface area contributed by atoms with E-state index in [9.17, 15) is 9.90 Å². The molecule has 0 radical (unpaired) electrons. The molecule has 14 heavy (non-hydrogen) atoms. The highest BCUT2D eigenvalue weighted by Gasteiger charge is 2.29. The molecule has 0 atom stereocenters. The van der Waals surface area contributed by atoms with E-state index in [2.05, 4.69) is 21.2 Å². The fraction of sp³-hybridized carbons (Fsp3) is 0.900. The predicted octanol–water partition coefficient (Wildman–Crippen LogP) is 1.58. The van der Waals surface area contributed by atoms with Crippen LogP contribution in [0.4, 0.5) is 0 Å². The van der Waals surface area contributed by atoms with Crippen LogP contribution in [0, 0.1) is 0 Å². The topological polar surface area (TPSA) is 49.3 Å². The summed E-state index contributed by atoms with van der Waals surface area (Å²) in [6.07, 6.45) is 5.48. The van der Waals surface area contributed by atoms with Crippen molar-refractivity contribution in [2.45, 2.75) is 44.1 Å². The van der Waals surface area contributed by atoms with Crippen LogP contribution in [-0.2, 0) is 4.79 Å². The first kappa shape index (κ1) is 12.0. The Hall–Kier alpha value is -0.0900. The third-order valence-corrected chi connectivity index (χ3v) is 3.12. The van der Waals surface area contributed by atoms with Crippen molar-refractivity contribution in [3.8, 4) is 0 Å². The molecule has 0 aromatic heterocycles. The van der Waals surface area contributed by atoms with Gasteiger partial charge >= 0.3 is 0 Å². The van der Waals surface area contributed by atoms with Gasteiger partial charge in [-0.05, 0) is 12.8 Å². The van der Waals surface area contributed by atoms with Crippen molar-refractivity contribution in [2.75, 3.05) is 11.9 Å². The summed E-state index contributed by atoms with van der Waals surface area (Å²) in [6.45, 7) is 0.416. The van der Waals surface area contributed by atoms with E-state index in [4.69, 9.17) is 0 Å². The van der Waals surface area contributed by atoms with Crippen LogP contribution >= 0.6 is 15.9 Å². The number of nitrogens with one attached hydrogen (secondary N) is 1. The fourth-order valence-corrected chi connectivity index (χ4v) is 2.18. The summed E-state index contributed by atoms with van der Waals surface area (Å²) in [6, 6.07) is 0. The third-order valence-electron chi connectivity index (χ3n) is 2.72. The van der Waals surface area contributed by atoms with E-state index in [-0.39, 0.29) is 5.91 Å². The van der Waals surface area contributed by atoms with Gasteiger partial charge in [0.2, 0.25) is 5.91 Å². The molecule has 0 unspecified atom stereocenters. The van der Waals surface area contributed by atoms with E-state index in [1.165, 1.54) is 6.42 Å². The second-order valence-corrected chi connectivity index (χ2v) is 4.79. The van der Waals surface area contributed by atoms with Crippen LogP contribution in [0.2, 0.25) is 0 Å². The largest absolute Gasteiger partial charge is 0.388 e. The minimum Gasteiger partial charge on any atom is -0.388 e. The molecular formula is C10H18BrNO2. The van der Waals surface area contributed by atoms with E-state index in [0.29, 0.717) is 18.3 Å². The minimum atomic E-state index is -0.639. The maximum Gasteiger partial charge on any atom is 0.220 e. The Balaban J connectivity index is 2.24. The number of amides is 1. The zero-order valence-corrected chi connectivity index (χ0v) is 9.98. The van der Waals surface area contributed by atoms with Crippen LogP contribution in [0.15, 0.2) is 0 Å². The number of carbonyl (C=O) groups excluding carboxylic acids is 1. The number of alkyl halides is 1. The zero-order chi connectivity index (χ0) is 10.4. The van der Waals surface area contributed by atoms with Gasteiger partial charge in [-0.15, -0.1) is 0 Å². The second kappa shape index (κ2) is 5.71. The summed E-state index contributed by atoms with van der Waals surface area (Å²) in [5, 5.41) is 13.5. The van der Waals surface area contributed by atoms with Crippen molar-refractivity contribution in [3.05, 3.63) is 0 Å². The number of halogens is 1. The molecule has 1 saturated carbocycles. The molecule has 2 N–H and O–H groups in total. The smallest absolute Gasteiger partial charge is 0.220 e. The monoisotopic (exact) mass is 263 g/mol. The van der Waals surface area contributed by atoms with Crippen LogP contribution in [-0.4, -0.2) is 28.5 Å². The van der Waals surface area contributed by atoms with E-state index in [1.807, 2.05) is 0 Å². The molecular weight excluding hydrogens is 246 g/mol. The van der Waals surface area contributed by atoms with Gasteiger partial charge in [-0.3, -0.25) is 4.79 Å². The Morgan fingerprint density at radius 1 is 1.36 bits per heavy atom. The Labute approximate surface area is 93.4 Å². The van der Waals surface area contributed by atoms with Crippen LogP contribution in [0.5, 0.6) is 0 Å². The molecule has 0 bridgehead atoms. The SMILES string of the molecule is O=C(CCBr)NCC1(O)CCCCC1. The number of aliphatic hydroxyl groups is 1.